The van der Waals surface area contributed by atoms with Crippen molar-refractivity contribution in [1.29, 1.82) is 0 Å². The number of rotatable bonds is 3. The third kappa shape index (κ3) is 2.18. The molecule has 0 amide bonds. The van der Waals surface area contributed by atoms with Crippen LogP contribution in [-0.2, 0) is 12.1 Å². The van der Waals surface area contributed by atoms with Gasteiger partial charge in [-0.05, 0) is 30.0 Å². The number of hydrogen-bond donors (Lipinski definition) is 2. The Balaban J connectivity index is 1.92. The SMILES string of the molecule is NCC(F)(c1ccccc1)C1CCc2ccccc2N1. The molecule has 3 heteroatoms. The van der Waals surface area contributed by atoms with Gasteiger partial charge >= 0.3 is 0 Å². The number of anilines is 1. The number of hydrogen-bond acceptors (Lipinski definition) is 2. The predicted octanol–water partition coefficient (Wildman–Crippen LogP) is 3.24. The summed E-state index contributed by atoms with van der Waals surface area (Å²) >= 11 is 0. The average Bonchev–Trinajstić information content (AvgIpc) is 2.54. The Morgan fingerprint density at radius 2 is 1.80 bits per heavy atom. The molecule has 3 N–H and O–H groups in total. The fourth-order valence-electron chi connectivity index (χ4n) is 2.96. The second-order valence-corrected chi connectivity index (χ2v) is 5.33. The molecule has 0 spiro atoms. The van der Waals surface area contributed by atoms with E-state index in [2.05, 4.69) is 11.4 Å². The molecule has 0 bridgehead atoms. The topological polar surface area (TPSA) is 38.0 Å². The normalized spacial score (nSPS) is 20.6. The molecule has 2 atom stereocenters. The minimum absolute atomic E-state index is 0.0170. The summed E-state index contributed by atoms with van der Waals surface area (Å²) in [6.45, 7) is -0.0170. The first-order valence-corrected chi connectivity index (χ1v) is 7.03. The van der Waals surface area contributed by atoms with Crippen LogP contribution in [-0.4, -0.2) is 12.6 Å². The predicted molar refractivity (Wildman–Crippen MR) is 80.5 cm³/mol. The van der Waals surface area contributed by atoms with Gasteiger partial charge in [0.2, 0.25) is 0 Å². The third-order valence-electron chi connectivity index (χ3n) is 4.15. The van der Waals surface area contributed by atoms with Crippen LogP contribution in [0.1, 0.15) is 17.5 Å². The molecule has 0 aliphatic carbocycles. The van der Waals surface area contributed by atoms with Gasteiger partial charge in [-0.2, -0.15) is 0 Å². The van der Waals surface area contributed by atoms with E-state index in [1.54, 1.807) is 0 Å². The number of nitrogens with two attached hydrogens (primary N) is 1. The monoisotopic (exact) mass is 270 g/mol. The number of nitrogens with one attached hydrogen (secondary N) is 1. The van der Waals surface area contributed by atoms with E-state index in [1.165, 1.54) is 5.56 Å². The highest BCUT2D eigenvalue weighted by Crippen LogP contribution is 2.36. The molecule has 1 aliphatic rings. The van der Waals surface area contributed by atoms with Gasteiger partial charge in [0.05, 0.1) is 6.04 Å². The standard InChI is InChI=1S/C17H19FN2/c18-17(12-19,14-7-2-1-3-8-14)16-11-10-13-6-4-5-9-15(13)20-16/h1-9,16,20H,10-12,19H2. The molecule has 0 saturated heterocycles. The van der Waals surface area contributed by atoms with E-state index in [9.17, 15) is 0 Å². The van der Waals surface area contributed by atoms with Crippen molar-refractivity contribution in [2.45, 2.75) is 24.6 Å². The quantitative estimate of drug-likeness (QED) is 0.898. The summed E-state index contributed by atoms with van der Waals surface area (Å²) in [6.07, 6.45) is 1.63. The number of para-hydroxylation sites is 1. The Morgan fingerprint density at radius 3 is 2.55 bits per heavy atom. The van der Waals surface area contributed by atoms with Gasteiger partial charge in [0.15, 0.2) is 5.67 Å². The van der Waals surface area contributed by atoms with Gasteiger partial charge in [0.1, 0.15) is 0 Å². The van der Waals surface area contributed by atoms with Crippen LogP contribution in [0.25, 0.3) is 0 Å². The van der Waals surface area contributed by atoms with E-state index in [-0.39, 0.29) is 12.6 Å². The Morgan fingerprint density at radius 1 is 1.10 bits per heavy atom. The van der Waals surface area contributed by atoms with Gasteiger partial charge in [-0.3, -0.25) is 0 Å². The van der Waals surface area contributed by atoms with Gasteiger partial charge in [-0.1, -0.05) is 48.5 Å². The van der Waals surface area contributed by atoms with Crippen molar-refractivity contribution >= 4 is 5.69 Å². The number of alkyl halides is 1. The highest BCUT2D eigenvalue weighted by Gasteiger charge is 2.41. The summed E-state index contributed by atoms with van der Waals surface area (Å²) in [7, 11) is 0. The Labute approximate surface area is 118 Å². The van der Waals surface area contributed by atoms with Crippen LogP contribution >= 0.6 is 0 Å². The number of benzene rings is 2. The zero-order chi connectivity index (χ0) is 14.0. The Hall–Kier alpha value is -1.87. The lowest BCUT2D eigenvalue weighted by molar-refractivity contribution is 0.137. The van der Waals surface area contributed by atoms with Crippen LogP contribution in [0.3, 0.4) is 0 Å². The lowest BCUT2D eigenvalue weighted by Crippen LogP contribution is -2.48. The fraction of sp³-hybridized carbons (Fsp3) is 0.294. The molecule has 3 rings (SSSR count). The molecular formula is C17H19FN2. The lowest BCUT2D eigenvalue weighted by atomic mass is 9.82. The maximum absolute atomic E-state index is 15.4. The molecule has 1 heterocycles. The summed E-state index contributed by atoms with van der Waals surface area (Å²) in [4.78, 5) is 0. The first kappa shape index (κ1) is 13.1. The molecule has 0 saturated carbocycles. The molecule has 1 aliphatic heterocycles. The first-order valence-electron chi connectivity index (χ1n) is 7.03. The van der Waals surface area contributed by atoms with Gasteiger partial charge in [-0.15, -0.1) is 0 Å². The second kappa shape index (κ2) is 5.25. The van der Waals surface area contributed by atoms with Crippen LogP contribution in [0, 0.1) is 0 Å². The molecule has 2 unspecified atom stereocenters. The molecule has 2 nitrogen and oxygen atoms in total. The van der Waals surface area contributed by atoms with Crippen molar-refractivity contribution in [3.8, 4) is 0 Å². The summed E-state index contributed by atoms with van der Waals surface area (Å²) in [5, 5.41) is 3.33. The van der Waals surface area contributed by atoms with Crippen molar-refractivity contribution in [2.75, 3.05) is 11.9 Å². The Kier molecular flexibility index (Phi) is 3.45. The maximum Gasteiger partial charge on any atom is 0.168 e. The molecule has 104 valence electrons. The van der Waals surface area contributed by atoms with Gasteiger partial charge in [-0.25, -0.2) is 4.39 Å². The maximum atomic E-state index is 15.4. The molecule has 0 fully saturated rings. The smallest absolute Gasteiger partial charge is 0.168 e. The second-order valence-electron chi connectivity index (χ2n) is 5.33. The molecular weight excluding hydrogens is 251 g/mol. The molecule has 0 radical (unpaired) electrons. The van der Waals surface area contributed by atoms with Gasteiger partial charge in [0.25, 0.3) is 0 Å². The molecule has 0 aromatic heterocycles. The van der Waals surface area contributed by atoms with E-state index in [0.717, 1.165) is 18.5 Å². The third-order valence-corrected chi connectivity index (χ3v) is 4.15. The van der Waals surface area contributed by atoms with E-state index in [1.807, 2.05) is 48.5 Å². The number of halogens is 1. The Bertz CT molecular complexity index is 585. The largest absolute Gasteiger partial charge is 0.378 e. The van der Waals surface area contributed by atoms with Crippen LogP contribution in [0.5, 0.6) is 0 Å². The van der Waals surface area contributed by atoms with E-state index in [0.29, 0.717) is 5.56 Å². The molecule has 20 heavy (non-hydrogen) atoms. The summed E-state index contributed by atoms with van der Waals surface area (Å²) in [5.41, 5.74) is 7.16. The molecule has 2 aromatic rings. The molecule has 2 aromatic carbocycles. The zero-order valence-electron chi connectivity index (χ0n) is 11.4. The highest BCUT2D eigenvalue weighted by atomic mass is 19.1. The van der Waals surface area contributed by atoms with Crippen molar-refractivity contribution in [3.63, 3.8) is 0 Å². The number of fused-ring (bicyclic) bond motifs is 1. The minimum atomic E-state index is -1.53. The summed E-state index contributed by atoms with van der Waals surface area (Å²) < 4.78 is 15.4. The minimum Gasteiger partial charge on any atom is -0.378 e. The summed E-state index contributed by atoms with van der Waals surface area (Å²) in [6, 6.07) is 17.0. The van der Waals surface area contributed by atoms with E-state index < -0.39 is 5.67 Å². The van der Waals surface area contributed by atoms with Crippen molar-refractivity contribution in [1.82, 2.24) is 0 Å². The van der Waals surface area contributed by atoms with E-state index in [4.69, 9.17) is 5.73 Å². The van der Waals surface area contributed by atoms with Gasteiger partial charge in [0, 0.05) is 12.2 Å². The van der Waals surface area contributed by atoms with Crippen LogP contribution in [0.15, 0.2) is 54.6 Å². The zero-order valence-corrected chi connectivity index (χ0v) is 11.4. The first-order chi connectivity index (χ1) is 9.74. The lowest BCUT2D eigenvalue weighted by Gasteiger charge is -2.37. The highest BCUT2D eigenvalue weighted by molar-refractivity contribution is 5.54. The van der Waals surface area contributed by atoms with Crippen molar-refractivity contribution in [2.24, 2.45) is 5.73 Å². The van der Waals surface area contributed by atoms with Crippen LogP contribution in [0.2, 0.25) is 0 Å². The average molecular weight is 270 g/mol. The van der Waals surface area contributed by atoms with Crippen molar-refractivity contribution in [3.05, 3.63) is 65.7 Å². The van der Waals surface area contributed by atoms with Crippen LogP contribution < -0.4 is 11.1 Å². The van der Waals surface area contributed by atoms with Crippen LogP contribution in [0.4, 0.5) is 10.1 Å². The van der Waals surface area contributed by atoms with E-state index >= 15 is 4.39 Å². The number of aryl methyl sites for hydroxylation is 1. The van der Waals surface area contributed by atoms with Crippen molar-refractivity contribution < 1.29 is 4.39 Å². The fourth-order valence-corrected chi connectivity index (χ4v) is 2.96. The van der Waals surface area contributed by atoms with Gasteiger partial charge < -0.3 is 11.1 Å². The summed E-state index contributed by atoms with van der Waals surface area (Å²) in [5.74, 6) is 0.